The Kier molecular flexibility index (Phi) is 5.61. The quantitative estimate of drug-likeness (QED) is 0.723. The molecule has 6 heteroatoms. The number of para-hydroxylation sites is 2. The molecule has 0 radical (unpaired) electrons. The van der Waals surface area contributed by atoms with E-state index < -0.39 is 0 Å². The van der Waals surface area contributed by atoms with Crippen LogP contribution in [0.2, 0.25) is 0 Å². The molecule has 148 valence electrons. The minimum atomic E-state index is -0.156. The first-order valence-electron chi connectivity index (χ1n) is 9.69. The van der Waals surface area contributed by atoms with Gasteiger partial charge in [0, 0.05) is 49.9 Å². The zero-order valence-electron chi connectivity index (χ0n) is 16.4. The number of nitrogens with one attached hydrogen (secondary N) is 1. The number of ether oxygens (including phenoxy) is 1. The van der Waals surface area contributed by atoms with Crippen LogP contribution in [-0.2, 0) is 0 Å². The van der Waals surface area contributed by atoms with Crippen molar-refractivity contribution in [1.29, 1.82) is 0 Å². The summed E-state index contributed by atoms with van der Waals surface area (Å²) in [5.74, 6) is 0.755. The van der Waals surface area contributed by atoms with Crippen LogP contribution < -0.4 is 19.9 Å². The Morgan fingerprint density at radius 1 is 0.931 bits per heavy atom. The van der Waals surface area contributed by atoms with E-state index in [2.05, 4.69) is 38.3 Å². The fraction of sp³-hybridized carbons (Fsp3) is 0.217. The number of piperazine rings is 1. The summed E-state index contributed by atoms with van der Waals surface area (Å²) in [7, 11) is 1.71. The smallest absolute Gasteiger partial charge is 0.257 e. The summed E-state index contributed by atoms with van der Waals surface area (Å²) in [6.45, 7) is 3.72. The van der Waals surface area contributed by atoms with Crippen LogP contribution in [0.3, 0.4) is 0 Å². The van der Waals surface area contributed by atoms with E-state index in [9.17, 15) is 4.79 Å². The molecule has 1 aliphatic heterocycles. The van der Waals surface area contributed by atoms with Gasteiger partial charge in [0.2, 0.25) is 0 Å². The van der Waals surface area contributed by atoms with Crippen molar-refractivity contribution in [3.05, 3.63) is 78.6 Å². The fourth-order valence-electron chi connectivity index (χ4n) is 3.55. The number of aromatic nitrogens is 1. The van der Waals surface area contributed by atoms with Crippen molar-refractivity contribution in [1.82, 2.24) is 4.98 Å². The van der Waals surface area contributed by atoms with Gasteiger partial charge >= 0.3 is 0 Å². The lowest BCUT2D eigenvalue weighted by molar-refractivity contribution is 0.102. The van der Waals surface area contributed by atoms with Crippen LogP contribution in [-0.4, -0.2) is 44.2 Å². The number of carbonyl (C=O) groups excluding carboxylic acids is 1. The van der Waals surface area contributed by atoms with Crippen LogP contribution in [0, 0.1) is 0 Å². The van der Waals surface area contributed by atoms with Crippen LogP contribution in [0.5, 0.6) is 5.75 Å². The molecule has 1 N–H and O–H groups in total. The predicted molar refractivity (Wildman–Crippen MR) is 116 cm³/mol. The molecule has 0 spiro atoms. The average molecular weight is 388 g/mol. The van der Waals surface area contributed by atoms with E-state index in [0.29, 0.717) is 5.56 Å². The monoisotopic (exact) mass is 388 g/mol. The average Bonchev–Trinajstić information content (AvgIpc) is 2.80. The summed E-state index contributed by atoms with van der Waals surface area (Å²) in [4.78, 5) is 20.9. The van der Waals surface area contributed by atoms with Crippen molar-refractivity contribution in [3.8, 4) is 5.75 Å². The Balaban J connectivity index is 1.36. The van der Waals surface area contributed by atoms with Gasteiger partial charge in [-0.25, -0.2) is 0 Å². The molecule has 6 nitrogen and oxygen atoms in total. The number of hydrogen-bond acceptors (Lipinski definition) is 5. The number of pyridine rings is 1. The Morgan fingerprint density at radius 2 is 1.66 bits per heavy atom. The molecule has 1 saturated heterocycles. The number of benzene rings is 2. The maximum absolute atomic E-state index is 12.2. The number of nitrogens with zero attached hydrogens (tertiary/aromatic N) is 3. The minimum absolute atomic E-state index is 0.156. The molecule has 1 amide bonds. The third-order valence-corrected chi connectivity index (χ3v) is 5.12. The second-order valence-corrected chi connectivity index (χ2v) is 6.89. The van der Waals surface area contributed by atoms with Crippen LogP contribution in [0.25, 0.3) is 0 Å². The van der Waals surface area contributed by atoms with Gasteiger partial charge in [0.25, 0.3) is 5.91 Å². The highest BCUT2D eigenvalue weighted by Gasteiger charge is 2.19. The largest absolute Gasteiger partial charge is 0.495 e. The lowest BCUT2D eigenvalue weighted by atomic mass is 10.2. The van der Waals surface area contributed by atoms with E-state index in [1.807, 2.05) is 30.3 Å². The first-order chi connectivity index (χ1) is 14.2. The summed E-state index contributed by atoms with van der Waals surface area (Å²) in [6, 6.07) is 19.6. The molecule has 0 bridgehead atoms. The van der Waals surface area contributed by atoms with Crippen molar-refractivity contribution >= 4 is 23.0 Å². The van der Waals surface area contributed by atoms with Crippen molar-refractivity contribution < 1.29 is 9.53 Å². The van der Waals surface area contributed by atoms with Gasteiger partial charge in [-0.2, -0.15) is 0 Å². The number of hydrogen-bond donors (Lipinski definition) is 1. The Bertz CT molecular complexity index is 952. The van der Waals surface area contributed by atoms with Crippen molar-refractivity contribution in [2.24, 2.45) is 0 Å². The topological polar surface area (TPSA) is 57.7 Å². The van der Waals surface area contributed by atoms with E-state index >= 15 is 0 Å². The second kappa shape index (κ2) is 8.65. The van der Waals surface area contributed by atoms with E-state index in [1.54, 1.807) is 31.6 Å². The maximum atomic E-state index is 12.2. The molecule has 1 aliphatic rings. The van der Waals surface area contributed by atoms with Crippen LogP contribution in [0.15, 0.2) is 73.1 Å². The molecular weight excluding hydrogens is 364 g/mol. The molecule has 29 heavy (non-hydrogen) atoms. The second-order valence-electron chi connectivity index (χ2n) is 6.89. The lowest BCUT2D eigenvalue weighted by Gasteiger charge is -2.37. The Labute approximate surface area is 170 Å². The standard InChI is InChI=1S/C23H24N4O2/c1-29-22-7-3-2-6-21(22)27-15-13-26(14-16-27)20-10-8-19(9-11-20)25-23(28)18-5-4-12-24-17-18/h2-12,17H,13-16H2,1H3,(H,25,28). The third kappa shape index (κ3) is 4.32. The van der Waals surface area contributed by atoms with Gasteiger partial charge in [-0.05, 0) is 48.5 Å². The number of methoxy groups -OCH3 is 1. The van der Waals surface area contributed by atoms with Crippen LogP contribution in [0.1, 0.15) is 10.4 Å². The Hall–Kier alpha value is -3.54. The van der Waals surface area contributed by atoms with E-state index in [4.69, 9.17) is 4.74 Å². The van der Waals surface area contributed by atoms with Gasteiger partial charge in [-0.1, -0.05) is 12.1 Å². The van der Waals surface area contributed by atoms with E-state index in [0.717, 1.165) is 49.0 Å². The molecule has 2 heterocycles. The normalized spacial score (nSPS) is 13.8. The molecule has 0 saturated carbocycles. The molecule has 1 fully saturated rings. The van der Waals surface area contributed by atoms with Gasteiger partial charge in [-0.15, -0.1) is 0 Å². The number of amides is 1. The number of anilines is 3. The Morgan fingerprint density at radius 3 is 2.34 bits per heavy atom. The van der Waals surface area contributed by atoms with Gasteiger partial charge in [0.05, 0.1) is 18.4 Å². The summed E-state index contributed by atoms with van der Waals surface area (Å²) in [5, 5.41) is 2.91. The summed E-state index contributed by atoms with van der Waals surface area (Å²) in [6.07, 6.45) is 3.21. The van der Waals surface area contributed by atoms with Gasteiger partial charge in [0.15, 0.2) is 0 Å². The molecule has 2 aromatic carbocycles. The molecular formula is C23H24N4O2. The molecule has 0 unspecified atom stereocenters. The van der Waals surface area contributed by atoms with Gasteiger partial charge in [-0.3, -0.25) is 9.78 Å². The zero-order valence-corrected chi connectivity index (χ0v) is 16.4. The van der Waals surface area contributed by atoms with E-state index in [-0.39, 0.29) is 5.91 Å². The zero-order chi connectivity index (χ0) is 20.1. The first-order valence-corrected chi connectivity index (χ1v) is 9.69. The SMILES string of the molecule is COc1ccccc1N1CCN(c2ccc(NC(=O)c3cccnc3)cc2)CC1. The summed E-state index contributed by atoms with van der Waals surface area (Å²) < 4.78 is 5.49. The predicted octanol–water partition coefficient (Wildman–Crippen LogP) is 3.67. The van der Waals surface area contributed by atoms with Gasteiger partial charge in [0.1, 0.15) is 5.75 Å². The highest BCUT2D eigenvalue weighted by molar-refractivity contribution is 6.04. The number of carbonyl (C=O) groups is 1. The van der Waals surface area contributed by atoms with Gasteiger partial charge < -0.3 is 19.9 Å². The lowest BCUT2D eigenvalue weighted by Crippen LogP contribution is -2.46. The summed E-state index contributed by atoms with van der Waals surface area (Å²) >= 11 is 0. The minimum Gasteiger partial charge on any atom is -0.495 e. The maximum Gasteiger partial charge on any atom is 0.257 e. The van der Waals surface area contributed by atoms with Crippen molar-refractivity contribution in [3.63, 3.8) is 0 Å². The highest BCUT2D eigenvalue weighted by Crippen LogP contribution is 2.29. The first kappa shape index (κ1) is 18.8. The molecule has 1 aromatic heterocycles. The molecule has 0 atom stereocenters. The summed E-state index contributed by atoms with van der Waals surface area (Å²) in [5.41, 5.74) is 3.62. The van der Waals surface area contributed by atoms with Crippen molar-refractivity contribution in [2.75, 3.05) is 48.4 Å². The van der Waals surface area contributed by atoms with Crippen LogP contribution >= 0.6 is 0 Å². The van der Waals surface area contributed by atoms with Crippen LogP contribution in [0.4, 0.5) is 17.1 Å². The highest BCUT2D eigenvalue weighted by atomic mass is 16.5. The molecule has 3 aromatic rings. The third-order valence-electron chi connectivity index (χ3n) is 5.12. The molecule has 4 rings (SSSR count). The number of rotatable bonds is 5. The fourth-order valence-corrected chi connectivity index (χ4v) is 3.55. The molecule has 0 aliphatic carbocycles. The van der Waals surface area contributed by atoms with E-state index in [1.165, 1.54) is 0 Å². The van der Waals surface area contributed by atoms with Crippen molar-refractivity contribution in [2.45, 2.75) is 0 Å².